The third kappa shape index (κ3) is 3.62. The Kier molecular flexibility index (Phi) is 5.64. The zero-order valence-corrected chi connectivity index (χ0v) is 18.1. The minimum atomic E-state index is -0.736. The molecule has 3 heterocycles. The Labute approximate surface area is 187 Å². The molecule has 0 radical (unpaired) electrons. The number of benzene rings is 1. The third-order valence-electron chi connectivity index (χ3n) is 4.96. The van der Waals surface area contributed by atoms with Gasteiger partial charge in [0.2, 0.25) is 0 Å². The summed E-state index contributed by atoms with van der Waals surface area (Å²) in [6, 6.07) is 9.40. The average Bonchev–Trinajstić information content (AvgIpc) is 3.26. The van der Waals surface area contributed by atoms with Gasteiger partial charge in [-0.25, -0.2) is 0 Å². The van der Waals surface area contributed by atoms with E-state index < -0.39 is 17.7 Å². The summed E-state index contributed by atoms with van der Waals surface area (Å²) in [6.07, 6.45) is 3.29. The second-order valence-corrected chi connectivity index (χ2v) is 8.65. The lowest BCUT2D eigenvalue weighted by Crippen LogP contribution is -2.29. The second-order valence-electron chi connectivity index (χ2n) is 6.89. The first-order chi connectivity index (χ1) is 14.4. The number of halogens is 2. The number of carbonyl (C=O) groups excluding carboxylic acids is 2. The molecular weight excluding hydrogens is 443 g/mol. The van der Waals surface area contributed by atoms with Gasteiger partial charge in [0, 0.05) is 29.4 Å². The maximum atomic E-state index is 13.0. The van der Waals surface area contributed by atoms with Crippen LogP contribution in [0.1, 0.15) is 27.6 Å². The Morgan fingerprint density at radius 1 is 1.20 bits per heavy atom. The first-order valence-electron chi connectivity index (χ1n) is 9.05. The van der Waals surface area contributed by atoms with E-state index in [9.17, 15) is 14.7 Å². The molecule has 5 nitrogen and oxygen atoms in total. The minimum absolute atomic E-state index is 0.0350. The predicted octanol–water partition coefficient (Wildman–Crippen LogP) is 5.38. The van der Waals surface area contributed by atoms with Crippen LogP contribution < -0.4 is 0 Å². The second kappa shape index (κ2) is 8.22. The van der Waals surface area contributed by atoms with Crippen LogP contribution in [0.2, 0.25) is 10.0 Å². The summed E-state index contributed by atoms with van der Waals surface area (Å²) in [5.41, 5.74) is 2.08. The maximum Gasteiger partial charge on any atom is 0.295 e. The summed E-state index contributed by atoms with van der Waals surface area (Å²) in [7, 11) is 0. The smallest absolute Gasteiger partial charge is 0.295 e. The van der Waals surface area contributed by atoms with Gasteiger partial charge in [0.05, 0.1) is 15.6 Å². The highest BCUT2D eigenvalue weighted by Gasteiger charge is 2.47. The summed E-state index contributed by atoms with van der Waals surface area (Å²) < 4.78 is 0. The van der Waals surface area contributed by atoms with Crippen molar-refractivity contribution >= 4 is 52.0 Å². The molecule has 0 spiro atoms. The first-order valence-corrected chi connectivity index (χ1v) is 10.7. The van der Waals surface area contributed by atoms with Gasteiger partial charge in [-0.15, -0.1) is 11.3 Å². The molecule has 0 bridgehead atoms. The number of hydrogen-bond acceptors (Lipinski definition) is 5. The molecule has 1 N–H and O–H groups in total. The summed E-state index contributed by atoms with van der Waals surface area (Å²) in [5, 5.41) is 13.5. The molecule has 1 aliphatic heterocycles. The van der Waals surface area contributed by atoms with Crippen LogP contribution in [0.5, 0.6) is 0 Å². The van der Waals surface area contributed by atoms with Crippen LogP contribution >= 0.6 is 34.5 Å². The average molecular weight is 459 g/mol. The molecule has 1 saturated heterocycles. The lowest BCUT2D eigenvalue weighted by molar-refractivity contribution is -0.140. The number of nitrogens with zero attached hydrogens (tertiary/aromatic N) is 2. The number of aromatic nitrogens is 1. The molecule has 0 saturated carbocycles. The van der Waals surface area contributed by atoms with Crippen LogP contribution in [0.25, 0.3) is 5.76 Å². The lowest BCUT2D eigenvalue weighted by atomic mass is 9.98. The summed E-state index contributed by atoms with van der Waals surface area (Å²) in [4.78, 5) is 32.4. The van der Waals surface area contributed by atoms with E-state index in [1.54, 1.807) is 24.5 Å². The normalized spacial score (nSPS) is 18.2. The first kappa shape index (κ1) is 20.6. The number of aliphatic hydroxyl groups excluding tert-OH is 1. The van der Waals surface area contributed by atoms with E-state index in [1.807, 2.05) is 24.4 Å². The Morgan fingerprint density at radius 2 is 2.00 bits per heavy atom. The van der Waals surface area contributed by atoms with Crippen LogP contribution in [0, 0.1) is 6.92 Å². The van der Waals surface area contributed by atoms with Gasteiger partial charge < -0.3 is 10.0 Å². The van der Waals surface area contributed by atoms with Crippen molar-refractivity contribution in [2.24, 2.45) is 0 Å². The molecular formula is C22H16Cl2N2O3S. The SMILES string of the molecule is Cc1ccsc1C1/C(=C(/O)c2ccc(Cl)c(Cl)c2)C(=O)C(=O)N1Cc1cccnc1. The van der Waals surface area contributed by atoms with Crippen molar-refractivity contribution in [1.29, 1.82) is 0 Å². The van der Waals surface area contributed by atoms with Crippen molar-refractivity contribution in [3.8, 4) is 0 Å². The van der Waals surface area contributed by atoms with Gasteiger partial charge in [0.15, 0.2) is 0 Å². The van der Waals surface area contributed by atoms with E-state index in [1.165, 1.54) is 28.4 Å². The van der Waals surface area contributed by atoms with E-state index in [-0.39, 0.29) is 22.9 Å². The van der Waals surface area contributed by atoms with Crippen molar-refractivity contribution in [2.45, 2.75) is 19.5 Å². The number of pyridine rings is 1. The monoisotopic (exact) mass is 458 g/mol. The zero-order chi connectivity index (χ0) is 21.4. The van der Waals surface area contributed by atoms with Gasteiger partial charge in [-0.05, 0) is 53.8 Å². The van der Waals surface area contributed by atoms with E-state index >= 15 is 0 Å². The Morgan fingerprint density at radius 3 is 2.63 bits per heavy atom. The molecule has 8 heteroatoms. The lowest BCUT2D eigenvalue weighted by Gasteiger charge is -2.25. The highest BCUT2D eigenvalue weighted by Crippen LogP contribution is 2.43. The predicted molar refractivity (Wildman–Crippen MR) is 118 cm³/mol. The number of likely N-dealkylation sites (tertiary alicyclic amines) is 1. The molecule has 1 unspecified atom stereocenters. The number of hydrogen-bond donors (Lipinski definition) is 1. The van der Waals surface area contributed by atoms with Crippen molar-refractivity contribution in [2.75, 3.05) is 0 Å². The van der Waals surface area contributed by atoms with Gasteiger partial charge in [-0.2, -0.15) is 0 Å². The van der Waals surface area contributed by atoms with E-state index in [0.29, 0.717) is 10.6 Å². The molecule has 4 rings (SSSR count). The molecule has 152 valence electrons. The number of aryl methyl sites for hydroxylation is 1. The van der Waals surface area contributed by atoms with Crippen LogP contribution in [0.4, 0.5) is 0 Å². The molecule has 1 fully saturated rings. The van der Waals surface area contributed by atoms with Crippen molar-refractivity contribution in [3.63, 3.8) is 0 Å². The van der Waals surface area contributed by atoms with Crippen LogP contribution in [-0.4, -0.2) is 26.7 Å². The fraction of sp³-hybridized carbons (Fsp3) is 0.136. The van der Waals surface area contributed by atoms with Crippen LogP contribution in [-0.2, 0) is 16.1 Å². The third-order valence-corrected chi connectivity index (χ3v) is 6.77. The van der Waals surface area contributed by atoms with Gasteiger partial charge in [0.25, 0.3) is 11.7 Å². The molecule has 2 aromatic heterocycles. The van der Waals surface area contributed by atoms with Crippen LogP contribution in [0.3, 0.4) is 0 Å². The molecule has 30 heavy (non-hydrogen) atoms. The highest BCUT2D eigenvalue weighted by atomic mass is 35.5. The van der Waals surface area contributed by atoms with Crippen molar-refractivity contribution in [3.05, 3.63) is 91.4 Å². The number of amides is 1. The Balaban J connectivity index is 1.87. The molecule has 1 aromatic carbocycles. The number of ketones is 1. The van der Waals surface area contributed by atoms with E-state index in [2.05, 4.69) is 4.98 Å². The fourth-order valence-corrected chi connectivity index (χ4v) is 4.81. The number of aliphatic hydroxyl groups is 1. The van der Waals surface area contributed by atoms with Gasteiger partial charge in [0.1, 0.15) is 11.8 Å². The molecule has 1 atom stereocenters. The fourth-order valence-electron chi connectivity index (χ4n) is 3.47. The van der Waals surface area contributed by atoms with Crippen molar-refractivity contribution in [1.82, 2.24) is 9.88 Å². The Hall–Kier alpha value is -2.67. The van der Waals surface area contributed by atoms with Crippen LogP contribution in [0.15, 0.2) is 59.7 Å². The maximum absolute atomic E-state index is 13.0. The quantitative estimate of drug-likeness (QED) is 0.323. The molecule has 1 aliphatic rings. The molecule has 3 aromatic rings. The molecule has 1 amide bonds. The standard InChI is InChI=1S/C22H16Cl2N2O3S/c1-12-6-8-30-21(12)18-17(19(27)14-4-5-15(23)16(24)9-14)20(28)22(29)26(18)11-13-3-2-7-25-10-13/h2-10,18,27H,11H2,1H3/b19-17-. The topological polar surface area (TPSA) is 70.5 Å². The number of Topliss-reactive ketones (excluding diaryl/α,β-unsaturated/α-hetero) is 1. The van der Waals surface area contributed by atoms with Gasteiger partial charge >= 0.3 is 0 Å². The Bertz CT molecular complexity index is 1170. The largest absolute Gasteiger partial charge is 0.507 e. The van der Waals surface area contributed by atoms with E-state index in [4.69, 9.17) is 23.2 Å². The summed E-state index contributed by atoms with van der Waals surface area (Å²) in [6.45, 7) is 2.10. The number of rotatable bonds is 4. The highest BCUT2D eigenvalue weighted by molar-refractivity contribution is 7.10. The number of thiophene rings is 1. The summed E-state index contributed by atoms with van der Waals surface area (Å²) >= 11 is 13.5. The van der Waals surface area contributed by atoms with E-state index in [0.717, 1.165) is 16.0 Å². The number of carbonyl (C=O) groups is 2. The summed E-state index contributed by atoms with van der Waals surface area (Å²) in [5.74, 6) is -1.68. The zero-order valence-electron chi connectivity index (χ0n) is 15.8. The minimum Gasteiger partial charge on any atom is -0.507 e. The van der Waals surface area contributed by atoms with Crippen molar-refractivity contribution < 1.29 is 14.7 Å². The van der Waals surface area contributed by atoms with Gasteiger partial charge in [-0.3, -0.25) is 14.6 Å². The van der Waals surface area contributed by atoms with Gasteiger partial charge in [-0.1, -0.05) is 29.3 Å². The molecule has 0 aliphatic carbocycles.